The molecule has 1 aromatic carbocycles. The second kappa shape index (κ2) is 6.17. The van der Waals surface area contributed by atoms with Crippen LogP contribution in [-0.2, 0) is 11.2 Å². The minimum Gasteiger partial charge on any atom is -0.486 e. The summed E-state index contributed by atoms with van der Waals surface area (Å²) >= 11 is 5.93. The van der Waals surface area contributed by atoms with E-state index in [1.54, 1.807) is 12.3 Å². The van der Waals surface area contributed by atoms with Crippen molar-refractivity contribution in [3.8, 4) is 5.75 Å². The predicted molar refractivity (Wildman–Crippen MR) is 69.9 cm³/mol. The first-order chi connectivity index (χ1) is 8.75. The number of pyridine rings is 1. The number of para-hydroxylation sites is 1. The highest BCUT2D eigenvalue weighted by atomic mass is 35.5. The van der Waals surface area contributed by atoms with Crippen LogP contribution in [0.5, 0.6) is 5.75 Å². The van der Waals surface area contributed by atoms with Crippen molar-refractivity contribution in [1.29, 1.82) is 0 Å². The molecule has 0 saturated carbocycles. The van der Waals surface area contributed by atoms with Crippen molar-refractivity contribution in [1.82, 2.24) is 4.98 Å². The summed E-state index contributed by atoms with van der Waals surface area (Å²) in [4.78, 5) is 15.6. The summed E-state index contributed by atoms with van der Waals surface area (Å²) in [6.07, 6.45) is 3.41. The zero-order valence-corrected chi connectivity index (χ0v) is 10.4. The molecule has 0 aliphatic heterocycles. The number of halogens is 1. The van der Waals surface area contributed by atoms with Crippen molar-refractivity contribution in [3.05, 3.63) is 59.4 Å². The molecule has 3 nitrogen and oxygen atoms in total. The lowest BCUT2D eigenvalue weighted by molar-refractivity contribution is -0.120. The van der Waals surface area contributed by atoms with Crippen LogP contribution in [-0.4, -0.2) is 17.4 Å². The molecule has 18 heavy (non-hydrogen) atoms. The lowest BCUT2D eigenvalue weighted by atomic mass is 10.1. The Balaban J connectivity index is 1.88. The Morgan fingerprint density at radius 1 is 1.22 bits per heavy atom. The van der Waals surface area contributed by atoms with Crippen molar-refractivity contribution >= 4 is 17.4 Å². The van der Waals surface area contributed by atoms with Gasteiger partial charge in [0.15, 0.2) is 5.78 Å². The maximum Gasteiger partial charge on any atom is 0.174 e. The van der Waals surface area contributed by atoms with Gasteiger partial charge in [-0.2, -0.15) is 0 Å². The number of ketones is 1. The highest BCUT2D eigenvalue weighted by Crippen LogP contribution is 2.14. The lowest BCUT2D eigenvalue weighted by Gasteiger charge is -2.06. The number of benzene rings is 1. The van der Waals surface area contributed by atoms with E-state index in [-0.39, 0.29) is 18.8 Å². The number of aromatic nitrogens is 1. The van der Waals surface area contributed by atoms with E-state index < -0.39 is 0 Å². The summed E-state index contributed by atoms with van der Waals surface area (Å²) in [5.74, 6) is 0.665. The Labute approximate surface area is 110 Å². The van der Waals surface area contributed by atoms with Gasteiger partial charge < -0.3 is 4.74 Å². The topological polar surface area (TPSA) is 39.2 Å². The number of ether oxygens (including phenoxy) is 1. The van der Waals surface area contributed by atoms with Crippen molar-refractivity contribution < 1.29 is 9.53 Å². The van der Waals surface area contributed by atoms with Gasteiger partial charge in [-0.05, 0) is 23.8 Å². The van der Waals surface area contributed by atoms with Crippen LogP contribution in [0.15, 0.2) is 48.8 Å². The van der Waals surface area contributed by atoms with Crippen LogP contribution in [0.2, 0.25) is 5.02 Å². The summed E-state index contributed by atoms with van der Waals surface area (Å²) in [6.45, 7) is 0.0443. The molecule has 1 heterocycles. The highest BCUT2D eigenvalue weighted by molar-refractivity contribution is 6.31. The van der Waals surface area contributed by atoms with Gasteiger partial charge in [0.2, 0.25) is 0 Å². The Morgan fingerprint density at radius 2 is 2.00 bits per heavy atom. The number of Topliss-reactive ketones (excluding diaryl/α,β-unsaturated/α-hetero) is 1. The van der Waals surface area contributed by atoms with E-state index in [0.717, 1.165) is 5.56 Å². The van der Waals surface area contributed by atoms with Gasteiger partial charge >= 0.3 is 0 Å². The molecule has 0 spiro atoms. The summed E-state index contributed by atoms with van der Waals surface area (Å²) in [6, 6.07) is 11.0. The molecule has 0 bridgehead atoms. The molecule has 0 radical (unpaired) electrons. The van der Waals surface area contributed by atoms with Crippen molar-refractivity contribution in [2.24, 2.45) is 0 Å². The Morgan fingerprint density at radius 3 is 2.72 bits per heavy atom. The average molecular weight is 262 g/mol. The molecule has 1 aromatic heterocycles. The van der Waals surface area contributed by atoms with Gasteiger partial charge in [-0.1, -0.05) is 29.8 Å². The Bertz CT molecular complexity index is 528. The van der Waals surface area contributed by atoms with Crippen LogP contribution in [0, 0.1) is 0 Å². The largest absolute Gasteiger partial charge is 0.486 e. The van der Waals surface area contributed by atoms with Crippen molar-refractivity contribution in [2.45, 2.75) is 6.42 Å². The molecule has 0 aliphatic carbocycles. The first kappa shape index (κ1) is 12.6. The zero-order chi connectivity index (χ0) is 12.8. The highest BCUT2D eigenvalue weighted by Gasteiger charge is 2.07. The summed E-state index contributed by atoms with van der Waals surface area (Å²) in [7, 11) is 0. The number of carbonyl (C=O) groups is 1. The van der Waals surface area contributed by atoms with E-state index >= 15 is 0 Å². The lowest BCUT2D eigenvalue weighted by Crippen LogP contribution is -2.14. The molecule has 0 fully saturated rings. The molecule has 2 rings (SSSR count). The van der Waals surface area contributed by atoms with Crippen LogP contribution in [0.1, 0.15) is 5.56 Å². The third-order valence-electron chi connectivity index (χ3n) is 2.39. The van der Waals surface area contributed by atoms with Crippen LogP contribution in [0.3, 0.4) is 0 Å². The number of nitrogens with zero attached hydrogens (tertiary/aromatic N) is 1. The number of hydrogen-bond donors (Lipinski definition) is 0. The maximum atomic E-state index is 11.7. The van der Waals surface area contributed by atoms with Gasteiger partial charge in [-0.25, -0.2) is 0 Å². The third kappa shape index (κ3) is 3.57. The number of hydrogen-bond acceptors (Lipinski definition) is 3. The average Bonchev–Trinajstić information content (AvgIpc) is 2.40. The molecular weight excluding hydrogens is 250 g/mol. The van der Waals surface area contributed by atoms with Crippen molar-refractivity contribution in [3.63, 3.8) is 0 Å². The maximum absolute atomic E-state index is 11.7. The summed E-state index contributed by atoms with van der Waals surface area (Å²) in [5.41, 5.74) is 0.772. The first-order valence-electron chi connectivity index (χ1n) is 5.53. The standard InChI is InChI=1S/C14H12ClNO2/c15-14-9-16-7-6-11(14)8-12(17)10-18-13-4-2-1-3-5-13/h1-7,9H,8,10H2. The Hall–Kier alpha value is -1.87. The van der Waals surface area contributed by atoms with E-state index in [1.807, 2.05) is 30.3 Å². The number of carbonyl (C=O) groups excluding carboxylic acids is 1. The molecule has 0 saturated heterocycles. The molecular formula is C14H12ClNO2. The van der Waals surface area contributed by atoms with Crippen LogP contribution < -0.4 is 4.74 Å². The van der Waals surface area contributed by atoms with Gasteiger partial charge in [0.05, 0.1) is 5.02 Å². The fraction of sp³-hybridized carbons (Fsp3) is 0.143. The second-order valence-corrected chi connectivity index (χ2v) is 4.19. The second-order valence-electron chi connectivity index (χ2n) is 3.78. The van der Waals surface area contributed by atoms with E-state index in [2.05, 4.69) is 4.98 Å². The van der Waals surface area contributed by atoms with Gasteiger partial charge in [-0.3, -0.25) is 9.78 Å². The summed E-state index contributed by atoms with van der Waals surface area (Å²) < 4.78 is 5.37. The minimum absolute atomic E-state index is 0.0213. The van der Waals surface area contributed by atoms with E-state index in [9.17, 15) is 4.79 Å². The monoisotopic (exact) mass is 261 g/mol. The fourth-order valence-corrected chi connectivity index (χ4v) is 1.68. The zero-order valence-electron chi connectivity index (χ0n) is 9.67. The van der Waals surface area contributed by atoms with Crippen molar-refractivity contribution in [2.75, 3.05) is 6.61 Å². The molecule has 0 unspecified atom stereocenters. The Kier molecular flexibility index (Phi) is 4.31. The molecule has 0 amide bonds. The molecule has 2 aromatic rings. The fourth-order valence-electron chi connectivity index (χ4n) is 1.49. The van der Waals surface area contributed by atoms with Crippen LogP contribution in [0.4, 0.5) is 0 Å². The van der Waals surface area contributed by atoms with Crippen LogP contribution >= 0.6 is 11.6 Å². The molecule has 92 valence electrons. The molecule has 0 N–H and O–H groups in total. The molecule has 0 atom stereocenters. The smallest absolute Gasteiger partial charge is 0.174 e. The van der Waals surface area contributed by atoms with Crippen LogP contribution in [0.25, 0.3) is 0 Å². The molecule has 0 aliphatic rings. The SMILES string of the molecule is O=C(COc1ccccc1)Cc1ccncc1Cl. The summed E-state index contributed by atoms with van der Waals surface area (Å²) in [5, 5.41) is 0.505. The van der Waals surface area contributed by atoms with Gasteiger partial charge in [0.1, 0.15) is 12.4 Å². The molecule has 4 heteroatoms. The minimum atomic E-state index is -0.0213. The van der Waals surface area contributed by atoms with Gasteiger partial charge in [0, 0.05) is 18.8 Å². The van der Waals surface area contributed by atoms with E-state index in [4.69, 9.17) is 16.3 Å². The predicted octanol–water partition coefficient (Wildman–Crippen LogP) is 2.93. The first-order valence-corrected chi connectivity index (χ1v) is 5.91. The number of rotatable bonds is 5. The van der Waals surface area contributed by atoms with Gasteiger partial charge in [0.25, 0.3) is 0 Å². The normalized spacial score (nSPS) is 10.1. The van der Waals surface area contributed by atoms with E-state index in [1.165, 1.54) is 6.20 Å². The quantitative estimate of drug-likeness (QED) is 0.831. The van der Waals surface area contributed by atoms with Gasteiger partial charge in [-0.15, -0.1) is 0 Å². The third-order valence-corrected chi connectivity index (χ3v) is 2.73. The van der Waals surface area contributed by atoms with E-state index in [0.29, 0.717) is 10.8 Å².